The van der Waals surface area contributed by atoms with E-state index >= 15 is 0 Å². The highest BCUT2D eigenvalue weighted by molar-refractivity contribution is 14.1. The average molecular weight is 498 g/mol. The van der Waals surface area contributed by atoms with Crippen LogP contribution in [0, 0.1) is 0 Å². The maximum absolute atomic E-state index is 12.7. The van der Waals surface area contributed by atoms with Crippen molar-refractivity contribution in [3.63, 3.8) is 0 Å². The molecule has 0 bridgehead atoms. The second-order valence-corrected chi connectivity index (χ2v) is 7.96. The normalized spacial score (nSPS) is 21.2. The maximum atomic E-state index is 12.7. The Morgan fingerprint density at radius 3 is 2.78 bits per heavy atom. The van der Waals surface area contributed by atoms with Crippen LogP contribution in [-0.4, -0.2) is 50.9 Å². The summed E-state index contributed by atoms with van der Waals surface area (Å²) in [5.41, 5.74) is 2.07. The molecule has 1 saturated heterocycles. The summed E-state index contributed by atoms with van der Waals surface area (Å²) in [7, 11) is 0. The Labute approximate surface area is 175 Å². The first-order valence-electron chi connectivity index (χ1n) is 8.40. The first-order chi connectivity index (χ1) is 13.1. The van der Waals surface area contributed by atoms with Gasteiger partial charge in [-0.1, -0.05) is 65.6 Å². The number of β-lactam (4-membered cyclic amide) rings is 1. The number of carbonyl (C=O) groups excluding carboxylic acids is 3. The van der Waals surface area contributed by atoms with Gasteiger partial charge in [0.05, 0.1) is 6.42 Å². The van der Waals surface area contributed by atoms with E-state index in [2.05, 4.69) is 34.5 Å². The van der Waals surface area contributed by atoms with Gasteiger partial charge < -0.3 is 10.1 Å². The second kappa shape index (κ2) is 8.92. The fourth-order valence-electron chi connectivity index (χ4n) is 2.98. The number of amides is 2. The fourth-order valence-corrected chi connectivity index (χ4v) is 5.33. The van der Waals surface area contributed by atoms with Crippen molar-refractivity contribution in [1.29, 1.82) is 0 Å². The predicted octanol–water partition coefficient (Wildman–Crippen LogP) is 2.05. The van der Waals surface area contributed by atoms with E-state index in [1.165, 1.54) is 11.0 Å². The molecule has 3 rings (SSSR count). The van der Waals surface area contributed by atoms with Gasteiger partial charge in [0.1, 0.15) is 23.7 Å². The second-order valence-electron chi connectivity index (χ2n) is 6.09. The van der Waals surface area contributed by atoms with Gasteiger partial charge in [-0.2, -0.15) is 0 Å². The molecule has 0 aromatic heterocycles. The molecular weight excluding hydrogens is 479 g/mol. The molecule has 1 aromatic rings. The Balaban J connectivity index is 1.69. The monoisotopic (exact) mass is 498 g/mol. The highest BCUT2D eigenvalue weighted by atomic mass is 127. The number of hydrogen-bond acceptors (Lipinski definition) is 5. The molecule has 1 fully saturated rings. The number of thioether (sulfide) groups is 1. The minimum absolute atomic E-state index is 0.0912. The summed E-state index contributed by atoms with van der Waals surface area (Å²) >= 11 is 3.72. The van der Waals surface area contributed by atoms with Gasteiger partial charge in [-0.15, -0.1) is 11.8 Å². The molecule has 0 spiro atoms. The lowest BCUT2D eigenvalue weighted by atomic mass is 10.0. The first kappa shape index (κ1) is 19.9. The largest absolute Gasteiger partial charge is 0.457 e. The van der Waals surface area contributed by atoms with Crippen LogP contribution in [0.3, 0.4) is 0 Å². The third-order valence-electron chi connectivity index (χ3n) is 4.26. The van der Waals surface area contributed by atoms with Crippen molar-refractivity contribution in [3.8, 4) is 0 Å². The van der Waals surface area contributed by atoms with E-state index in [0.717, 1.165) is 11.1 Å². The zero-order valence-electron chi connectivity index (χ0n) is 14.5. The molecule has 8 heteroatoms. The fraction of sp³-hybridized carbons (Fsp3) is 0.316. The number of carbonyl (C=O) groups is 3. The van der Waals surface area contributed by atoms with Crippen LogP contribution in [0.4, 0.5) is 0 Å². The number of ether oxygens (including phenoxy) is 1. The van der Waals surface area contributed by atoms with E-state index in [9.17, 15) is 14.4 Å². The van der Waals surface area contributed by atoms with Gasteiger partial charge in [0, 0.05) is 10.2 Å². The third kappa shape index (κ3) is 4.21. The van der Waals surface area contributed by atoms with Crippen molar-refractivity contribution in [2.24, 2.45) is 0 Å². The molecule has 2 heterocycles. The maximum Gasteiger partial charge on any atom is 0.355 e. The molecule has 0 aliphatic carbocycles. The number of nitrogens with zero attached hydrogens (tertiary/aromatic N) is 1. The third-order valence-corrected chi connectivity index (χ3v) is 6.52. The molecule has 27 heavy (non-hydrogen) atoms. The molecule has 0 radical (unpaired) electrons. The minimum atomic E-state index is -0.621. The van der Waals surface area contributed by atoms with Gasteiger partial charge in [0.25, 0.3) is 5.91 Å². The minimum Gasteiger partial charge on any atom is -0.457 e. The summed E-state index contributed by atoms with van der Waals surface area (Å²) in [6.07, 6.45) is 1.70. The molecule has 1 N–H and O–H groups in total. The molecule has 6 nitrogen and oxygen atoms in total. The van der Waals surface area contributed by atoms with Crippen molar-refractivity contribution in [3.05, 3.63) is 59.8 Å². The summed E-state index contributed by atoms with van der Waals surface area (Å²) in [6.45, 7) is 3.62. The summed E-state index contributed by atoms with van der Waals surface area (Å²) in [5.74, 6) is -0.379. The first-order valence-corrected chi connectivity index (χ1v) is 11.0. The number of hydrogen-bond donors (Lipinski definition) is 1. The van der Waals surface area contributed by atoms with Gasteiger partial charge in [-0.25, -0.2) is 4.79 Å². The van der Waals surface area contributed by atoms with E-state index < -0.39 is 12.0 Å². The van der Waals surface area contributed by atoms with Crippen LogP contribution < -0.4 is 5.32 Å². The molecule has 142 valence electrons. The topological polar surface area (TPSA) is 75.7 Å². The van der Waals surface area contributed by atoms with E-state index in [1.54, 1.807) is 11.8 Å². The van der Waals surface area contributed by atoms with E-state index in [4.69, 9.17) is 4.74 Å². The number of nitrogens with one attached hydrogen (secondary N) is 1. The van der Waals surface area contributed by atoms with Gasteiger partial charge in [0.15, 0.2) is 0 Å². The van der Waals surface area contributed by atoms with Crippen LogP contribution >= 0.6 is 34.4 Å². The Bertz CT molecular complexity index is 796. The highest BCUT2D eigenvalue weighted by Gasteiger charge is 2.54. The van der Waals surface area contributed by atoms with Gasteiger partial charge in [0.2, 0.25) is 5.91 Å². The van der Waals surface area contributed by atoms with Gasteiger partial charge >= 0.3 is 5.97 Å². The van der Waals surface area contributed by atoms with Crippen LogP contribution in [0.15, 0.2) is 54.3 Å². The van der Waals surface area contributed by atoms with Crippen LogP contribution in [0.25, 0.3) is 0 Å². The molecule has 2 amide bonds. The van der Waals surface area contributed by atoms with Crippen molar-refractivity contribution < 1.29 is 19.1 Å². The Hall–Kier alpha value is -1.81. The SMILES string of the molecule is C=CCOC(=O)C1=C(CI)CSC2C(NC(=O)Cc3ccccc3)C(=O)N12. The van der Waals surface area contributed by atoms with Crippen LogP contribution in [0.1, 0.15) is 5.56 Å². The van der Waals surface area contributed by atoms with E-state index in [1.807, 2.05) is 30.3 Å². The van der Waals surface area contributed by atoms with Crippen molar-refractivity contribution in [2.45, 2.75) is 17.8 Å². The van der Waals surface area contributed by atoms with E-state index in [-0.39, 0.29) is 30.2 Å². The summed E-state index contributed by atoms with van der Waals surface area (Å²) in [6, 6.07) is 8.74. The highest BCUT2D eigenvalue weighted by Crippen LogP contribution is 2.41. The molecule has 2 unspecified atom stereocenters. The Morgan fingerprint density at radius 1 is 1.37 bits per heavy atom. The zero-order valence-corrected chi connectivity index (χ0v) is 17.5. The number of alkyl halides is 1. The molecule has 2 atom stereocenters. The molecule has 2 aliphatic heterocycles. The average Bonchev–Trinajstić information content (AvgIpc) is 2.69. The van der Waals surface area contributed by atoms with Crippen molar-refractivity contribution >= 4 is 52.1 Å². The number of esters is 1. The zero-order chi connectivity index (χ0) is 19.4. The lowest BCUT2D eigenvalue weighted by Gasteiger charge is -2.49. The van der Waals surface area contributed by atoms with E-state index in [0.29, 0.717) is 15.9 Å². The van der Waals surface area contributed by atoms with Crippen LogP contribution in [0.2, 0.25) is 0 Å². The molecular formula is C19H19IN2O4S. The van der Waals surface area contributed by atoms with Crippen LogP contribution in [0.5, 0.6) is 0 Å². The number of rotatable bonds is 7. The summed E-state index contributed by atoms with van der Waals surface area (Å²) in [4.78, 5) is 38.8. The predicted molar refractivity (Wildman–Crippen MR) is 112 cm³/mol. The molecule has 0 saturated carbocycles. The summed E-state index contributed by atoms with van der Waals surface area (Å²) in [5, 5.41) is 2.52. The van der Waals surface area contributed by atoms with Crippen molar-refractivity contribution in [1.82, 2.24) is 10.2 Å². The quantitative estimate of drug-likeness (QED) is 0.205. The lowest BCUT2D eigenvalue weighted by Crippen LogP contribution is -2.70. The molecule has 2 aliphatic rings. The van der Waals surface area contributed by atoms with Gasteiger partial charge in [-0.05, 0) is 11.1 Å². The number of halogens is 1. The molecule has 1 aromatic carbocycles. The Kier molecular flexibility index (Phi) is 6.59. The number of benzene rings is 1. The van der Waals surface area contributed by atoms with Crippen LogP contribution in [-0.2, 0) is 25.5 Å². The number of fused-ring (bicyclic) bond motifs is 1. The van der Waals surface area contributed by atoms with Gasteiger partial charge in [-0.3, -0.25) is 14.5 Å². The Morgan fingerprint density at radius 2 is 2.11 bits per heavy atom. The lowest BCUT2D eigenvalue weighted by molar-refractivity contribution is -0.152. The smallest absolute Gasteiger partial charge is 0.355 e. The summed E-state index contributed by atoms with van der Waals surface area (Å²) < 4.78 is 5.78. The standard InChI is InChI=1S/C19H19IN2O4S/c1-2-8-26-19(25)16-13(10-20)11-27-18-15(17(24)22(16)18)21-14(23)9-12-6-4-3-5-7-12/h2-7,15,18H,1,8-11H2,(H,21,23). The van der Waals surface area contributed by atoms with Crippen molar-refractivity contribution in [2.75, 3.05) is 16.8 Å².